The van der Waals surface area contributed by atoms with Crippen molar-refractivity contribution in [2.45, 2.75) is 27.2 Å². The zero-order valence-corrected chi connectivity index (χ0v) is 12.4. The molecular weight excluding hydrogens is 236 g/mol. The van der Waals surface area contributed by atoms with Gasteiger partial charge in [-0.15, -0.1) is 0 Å². The lowest BCUT2D eigenvalue weighted by atomic mass is 9.90. The number of carbonyl (C=O) groups is 1. The Labute approximate surface area is 116 Å². The Morgan fingerprint density at radius 2 is 1.84 bits per heavy atom. The molecule has 0 saturated carbocycles. The van der Waals surface area contributed by atoms with Gasteiger partial charge in [-0.25, -0.2) is 0 Å². The maximum Gasteiger partial charge on any atom is 0.231 e. The lowest BCUT2D eigenvalue weighted by Crippen LogP contribution is -2.44. The number of anilines is 1. The number of carbonyl (C=O) groups excluding carboxylic acids is 1. The molecule has 1 amide bonds. The van der Waals surface area contributed by atoms with Crippen molar-refractivity contribution in [1.82, 2.24) is 5.32 Å². The van der Waals surface area contributed by atoms with Gasteiger partial charge in [-0.1, -0.05) is 13.0 Å². The van der Waals surface area contributed by atoms with Crippen LogP contribution in [0.1, 0.15) is 24.5 Å². The fourth-order valence-electron chi connectivity index (χ4n) is 2.89. The molecule has 0 aromatic heterocycles. The first-order valence-corrected chi connectivity index (χ1v) is 7.04. The van der Waals surface area contributed by atoms with Gasteiger partial charge in [0.05, 0.1) is 5.92 Å². The van der Waals surface area contributed by atoms with E-state index in [1.165, 1.54) is 11.1 Å². The first-order valence-electron chi connectivity index (χ1n) is 7.04. The van der Waals surface area contributed by atoms with E-state index >= 15 is 0 Å². The van der Waals surface area contributed by atoms with E-state index in [2.05, 4.69) is 44.3 Å². The largest absolute Gasteiger partial charge is 0.316 e. The van der Waals surface area contributed by atoms with Gasteiger partial charge in [0.15, 0.2) is 0 Å². The molecule has 2 unspecified atom stereocenters. The molecule has 1 aromatic carbocycles. The van der Waals surface area contributed by atoms with E-state index in [0.29, 0.717) is 5.92 Å². The molecular formula is C16H24N2O. The Morgan fingerprint density at radius 3 is 2.42 bits per heavy atom. The summed E-state index contributed by atoms with van der Waals surface area (Å²) in [5, 5.41) is 3.35. The zero-order valence-electron chi connectivity index (χ0n) is 12.4. The summed E-state index contributed by atoms with van der Waals surface area (Å²) in [5.41, 5.74) is 3.40. The molecule has 0 radical (unpaired) electrons. The maximum absolute atomic E-state index is 12.6. The molecule has 0 bridgehead atoms. The third-order valence-corrected chi connectivity index (χ3v) is 3.84. The minimum absolute atomic E-state index is 0.106. The lowest BCUT2D eigenvalue weighted by Gasteiger charge is -2.30. The molecule has 1 saturated heterocycles. The van der Waals surface area contributed by atoms with Gasteiger partial charge in [0.2, 0.25) is 5.91 Å². The van der Waals surface area contributed by atoms with Gasteiger partial charge in [-0.2, -0.15) is 0 Å². The summed E-state index contributed by atoms with van der Waals surface area (Å²) in [5.74, 6) is 0.911. The minimum Gasteiger partial charge on any atom is -0.316 e. The summed E-state index contributed by atoms with van der Waals surface area (Å²) >= 11 is 0. The van der Waals surface area contributed by atoms with Crippen molar-refractivity contribution < 1.29 is 4.79 Å². The molecule has 2 atom stereocenters. The van der Waals surface area contributed by atoms with Gasteiger partial charge in [-0.3, -0.25) is 4.79 Å². The van der Waals surface area contributed by atoms with Crippen LogP contribution in [0.3, 0.4) is 0 Å². The summed E-state index contributed by atoms with van der Waals surface area (Å²) in [6.07, 6.45) is 0.987. The second-order valence-corrected chi connectivity index (χ2v) is 5.94. The number of rotatable bonds is 2. The normalized spacial score (nSPS) is 23.2. The lowest BCUT2D eigenvalue weighted by molar-refractivity contribution is -0.123. The molecule has 3 heteroatoms. The third kappa shape index (κ3) is 3.35. The SMILES string of the molecule is Cc1cc(C)cc(N(C)C(=O)C2CNCC(C)C2)c1. The summed E-state index contributed by atoms with van der Waals surface area (Å²) in [6.45, 7) is 8.16. The average molecular weight is 260 g/mol. The maximum atomic E-state index is 12.6. The highest BCUT2D eigenvalue weighted by atomic mass is 16.2. The topological polar surface area (TPSA) is 32.3 Å². The first kappa shape index (κ1) is 14.1. The van der Waals surface area contributed by atoms with Gasteiger partial charge < -0.3 is 10.2 Å². The summed E-state index contributed by atoms with van der Waals surface area (Å²) in [7, 11) is 1.88. The van der Waals surface area contributed by atoms with Crippen LogP contribution in [-0.4, -0.2) is 26.0 Å². The highest BCUT2D eigenvalue weighted by Crippen LogP contribution is 2.23. The van der Waals surface area contributed by atoms with Crippen LogP contribution in [0.2, 0.25) is 0 Å². The van der Waals surface area contributed by atoms with Crippen molar-refractivity contribution in [3.05, 3.63) is 29.3 Å². The molecule has 19 heavy (non-hydrogen) atoms. The van der Waals surface area contributed by atoms with Crippen molar-refractivity contribution in [3.63, 3.8) is 0 Å². The van der Waals surface area contributed by atoms with Gasteiger partial charge >= 0.3 is 0 Å². The Bertz CT molecular complexity index is 450. The second-order valence-electron chi connectivity index (χ2n) is 5.94. The van der Waals surface area contributed by atoms with Crippen LogP contribution < -0.4 is 10.2 Å². The van der Waals surface area contributed by atoms with E-state index in [9.17, 15) is 4.79 Å². The number of nitrogens with one attached hydrogen (secondary N) is 1. The van der Waals surface area contributed by atoms with Gasteiger partial charge in [0, 0.05) is 19.3 Å². The molecule has 2 rings (SSSR count). The van der Waals surface area contributed by atoms with Gasteiger partial charge in [0.1, 0.15) is 0 Å². The molecule has 1 N–H and O–H groups in total. The molecule has 3 nitrogen and oxygen atoms in total. The van der Waals surface area contributed by atoms with Crippen molar-refractivity contribution in [2.24, 2.45) is 11.8 Å². The monoisotopic (exact) mass is 260 g/mol. The van der Waals surface area contributed by atoms with E-state index in [1.807, 2.05) is 11.9 Å². The zero-order chi connectivity index (χ0) is 14.0. The molecule has 1 heterocycles. The highest BCUT2D eigenvalue weighted by Gasteiger charge is 2.27. The van der Waals surface area contributed by atoms with Crippen molar-refractivity contribution >= 4 is 11.6 Å². The van der Waals surface area contributed by atoms with Crippen LogP contribution in [0.15, 0.2) is 18.2 Å². The minimum atomic E-state index is 0.106. The van der Waals surface area contributed by atoms with Crippen LogP contribution in [0.5, 0.6) is 0 Å². The second kappa shape index (κ2) is 5.74. The molecule has 1 aliphatic heterocycles. The Morgan fingerprint density at radius 1 is 1.21 bits per heavy atom. The first-order chi connectivity index (χ1) is 8.97. The van der Waals surface area contributed by atoms with E-state index < -0.39 is 0 Å². The number of aryl methyl sites for hydroxylation is 2. The Kier molecular flexibility index (Phi) is 4.25. The molecule has 0 spiro atoms. The summed E-state index contributed by atoms with van der Waals surface area (Å²) in [4.78, 5) is 14.4. The van der Waals surface area contributed by atoms with Crippen molar-refractivity contribution in [3.8, 4) is 0 Å². The number of nitrogens with zero attached hydrogens (tertiary/aromatic N) is 1. The number of benzene rings is 1. The highest BCUT2D eigenvalue weighted by molar-refractivity contribution is 5.94. The predicted molar refractivity (Wildman–Crippen MR) is 79.5 cm³/mol. The van der Waals surface area contributed by atoms with E-state index in [-0.39, 0.29) is 11.8 Å². The smallest absolute Gasteiger partial charge is 0.231 e. The predicted octanol–water partition coefficient (Wildman–Crippen LogP) is 2.51. The van der Waals surface area contributed by atoms with Crippen molar-refractivity contribution in [1.29, 1.82) is 0 Å². The van der Waals surface area contributed by atoms with Crippen LogP contribution in [-0.2, 0) is 4.79 Å². The number of hydrogen-bond acceptors (Lipinski definition) is 2. The number of piperidine rings is 1. The van der Waals surface area contributed by atoms with E-state index in [0.717, 1.165) is 25.2 Å². The van der Waals surface area contributed by atoms with E-state index in [4.69, 9.17) is 0 Å². The summed E-state index contributed by atoms with van der Waals surface area (Å²) < 4.78 is 0. The van der Waals surface area contributed by atoms with Crippen LogP contribution >= 0.6 is 0 Å². The Hall–Kier alpha value is -1.35. The average Bonchev–Trinajstić information content (AvgIpc) is 2.36. The molecule has 1 fully saturated rings. The van der Waals surface area contributed by atoms with Gasteiger partial charge in [0.25, 0.3) is 0 Å². The standard InChI is InChI=1S/C16H24N2O/c1-11-5-12(2)8-15(7-11)18(4)16(19)14-6-13(3)9-17-10-14/h5,7-8,13-14,17H,6,9-10H2,1-4H3. The van der Waals surface area contributed by atoms with Crippen LogP contribution in [0, 0.1) is 25.7 Å². The quantitative estimate of drug-likeness (QED) is 0.886. The summed E-state index contributed by atoms with van der Waals surface area (Å²) in [6, 6.07) is 6.28. The molecule has 104 valence electrons. The number of hydrogen-bond donors (Lipinski definition) is 1. The molecule has 0 aliphatic carbocycles. The molecule has 1 aliphatic rings. The Balaban J connectivity index is 2.13. The van der Waals surface area contributed by atoms with Crippen LogP contribution in [0.25, 0.3) is 0 Å². The fourth-order valence-corrected chi connectivity index (χ4v) is 2.89. The van der Waals surface area contributed by atoms with Crippen LogP contribution in [0.4, 0.5) is 5.69 Å². The molecule has 1 aromatic rings. The van der Waals surface area contributed by atoms with E-state index in [1.54, 1.807) is 0 Å². The third-order valence-electron chi connectivity index (χ3n) is 3.84. The number of amides is 1. The van der Waals surface area contributed by atoms with Gasteiger partial charge in [-0.05, 0) is 56.0 Å². The fraction of sp³-hybridized carbons (Fsp3) is 0.562. The van der Waals surface area contributed by atoms with Crippen molar-refractivity contribution in [2.75, 3.05) is 25.0 Å².